The molecule has 4 aromatic rings. The highest BCUT2D eigenvalue weighted by molar-refractivity contribution is 5.95. The van der Waals surface area contributed by atoms with Gasteiger partial charge in [-0.2, -0.15) is 47.4 Å². The van der Waals surface area contributed by atoms with Gasteiger partial charge in [-0.3, -0.25) is 0 Å². The van der Waals surface area contributed by atoms with E-state index in [0.717, 1.165) is 0 Å². The van der Waals surface area contributed by atoms with E-state index in [9.17, 15) is 47.4 Å². The molecule has 216 valence electrons. The molecule has 0 bridgehead atoms. The fourth-order valence-corrected chi connectivity index (χ4v) is 4.70. The summed E-state index contributed by atoms with van der Waals surface area (Å²) in [5.41, 5.74) is 3.95. The van der Waals surface area contributed by atoms with Gasteiger partial charge in [-0.25, -0.2) is 0 Å². The second-order valence-electron chi connectivity index (χ2n) is 9.89. The van der Waals surface area contributed by atoms with Crippen LogP contribution in [0.15, 0.2) is 72.8 Å². The molecule has 0 atom stereocenters. The molecule has 0 fully saturated rings. The molecule has 0 spiro atoms. The van der Waals surface area contributed by atoms with Gasteiger partial charge in [-0.05, 0) is 106 Å². The predicted molar refractivity (Wildman–Crippen MR) is 175 cm³/mol. The van der Waals surface area contributed by atoms with Crippen molar-refractivity contribution in [1.29, 1.82) is 47.4 Å². The average molecular weight is 610 g/mol. The van der Waals surface area contributed by atoms with Crippen LogP contribution in [0.1, 0.15) is 66.8 Å². The molecule has 0 aliphatic rings. The molecular weight excluding hydrogens is 594 g/mol. The first-order valence-electron chi connectivity index (χ1n) is 13.7. The number of benzene rings is 4. The molecule has 9 heteroatoms. The first-order chi connectivity index (χ1) is 23.3. The van der Waals surface area contributed by atoms with Crippen molar-refractivity contribution in [2.75, 3.05) is 0 Å². The SMILES string of the molecule is N#C/C(=C\c1cc(/C=C(\C#N)c2ccc(C#N)c(C#N)c2)cc(/C=C(\C#N)c2ccc(C#N)c(C#N)c2)c1)c1ccc(C#N)c(C#N)c1. The van der Waals surface area contributed by atoms with E-state index in [1.807, 2.05) is 36.4 Å². The molecule has 0 aliphatic carbocycles. The smallest absolute Gasteiger partial charge is 0.101 e. The Morgan fingerprint density at radius 3 is 0.792 bits per heavy atom. The Morgan fingerprint density at radius 1 is 0.333 bits per heavy atom. The third-order valence-electron chi connectivity index (χ3n) is 7.01. The Kier molecular flexibility index (Phi) is 10.00. The minimum atomic E-state index is 0.104. The summed E-state index contributed by atoms with van der Waals surface area (Å²) >= 11 is 0. The van der Waals surface area contributed by atoms with Gasteiger partial charge >= 0.3 is 0 Å². The Labute approximate surface area is 276 Å². The van der Waals surface area contributed by atoms with Crippen molar-refractivity contribution in [3.8, 4) is 54.6 Å². The number of hydrogen-bond acceptors (Lipinski definition) is 9. The summed E-state index contributed by atoms with van der Waals surface area (Å²) < 4.78 is 0. The second kappa shape index (κ2) is 14.8. The quantitative estimate of drug-likeness (QED) is 0.160. The third-order valence-corrected chi connectivity index (χ3v) is 7.01. The van der Waals surface area contributed by atoms with Crippen LogP contribution in [0, 0.1) is 102 Å². The summed E-state index contributed by atoms with van der Waals surface area (Å²) in [5, 5.41) is 86.5. The predicted octanol–water partition coefficient (Wildman–Crippen LogP) is 7.11. The zero-order chi connectivity index (χ0) is 34.6. The van der Waals surface area contributed by atoms with Gasteiger partial charge in [0.1, 0.15) is 36.4 Å². The summed E-state index contributed by atoms with van der Waals surface area (Å²) in [5.74, 6) is 0. The zero-order valence-electron chi connectivity index (χ0n) is 24.7. The van der Waals surface area contributed by atoms with Gasteiger partial charge in [-0.1, -0.05) is 18.2 Å². The number of nitriles is 9. The lowest BCUT2D eigenvalue weighted by Crippen LogP contribution is -1.91. The largest absolute Gasteiger partial charge is 0.192 e. The van der Waals surface area contributed by atoms with E-state index in [1.165, 1.54) is 36.4 Å². The Balaban J connectivity index is 1.96. The van der Waals surface area contributed by atoms with Crippen LogP contribution in [0.2, 0.25) is 0 Å². The van der Waals surface area contributed by atoms with Crippen LogP contribution in [-0.2, 0) is 0 Å². The Bertz CT molecular complexity index is 2210. The van der Waals surface area contributed by atoms with Gasteiger partial charge < -0.3 is 0 Å². The van der Waals surface area contributed by atoms with E-state index < -0.39 is 0 Å². The monoisotopic (exact) mass is 609 g/mol. The van der Waals surface area contributed by atoms with Crippen LogP contribution in [0.25, 0.3) is 34.9 Å². The molecule has 0 aromatic heterocycles. The maximum atomic E-state index is 10.0. The average Bonchev–Trinajstić information content (AvgIpc) is 3.13. The number of hydrogen-bond donors (Lipinski definition) is 0. The van der Waals surface area contributed by atoms with Crippen molar-refractivity contribution in [3.63, 3.8) is 0 Å². The molecular formula is C39H15N9. The molecule has 0 saturated carbocycles. The lowest BCUT2D eigenvalue weighted by molar-refractivity contribution is 1.42. The van der Waals surface area contributed by atoms with E-state index in [-0.39, 0.29) is 50.1 Å². The van der Waals surface area contributed by atoms with Crippen LogP contribution in [-0.4, -0.2) is 0 Å². The molecule has 0 amide bonds. The lowest BCUT2D eigenvalue weighted by Gasteiger charge is -2.08. The number of rotatable bonds is 6. The first kappa shape index (κ1) is 32.4. The molecule has 0 aliphatic heterocycles. The molecule has 0 unspecified atom stereocenters. The van der Waals surface area contributed by atoms with Crippen LogP contribution in [0.4, 0.5) is 0 Å². The van der Waals surface area contributed by atoms with E-state index in [2.05, 4.69) is 18.2 Å². The maximum Gasteiger partial charge on any atom is 0.101 e. The van der Waals surface area contributed by atoms with Crippen molar-refractivity contribution < 1.29 is 0 Å². The van der Waals surface area contributed by atoms with E-state index >= 15 is 0 Å². The first-order valence-corrected chi connectivity index (χ1v) is 13.7. The van der Waals surface area contributed by atoms with Crippen molar-refractivity contribution in [3.05, 3.63) is 140 Å². The highest BCUT2D eigenvalue weighted by atomic mass is 14.3. The Morgan fingerprint density at radius 2 is 0.583 bits per heavy atom. The van der Waals surface area contributed by atoms with Crippen molar-refractivity contribution in [2.45, 2.75) is 0 Å². The molecule has 4 rings (SSSR count). The lowest BCUT2D eigenvalue weighted by atomic mass is 9.94. The second-order valence-corrected chi connectivity index (χ2v) is 9.89. The third kappa shape index (κ3) is 7.00. The fraction of sp³-hybridized carbons (Fsp3) is 0. The minimum Gasteiger partial charge on any atom is -0.192 e. The van der Waals surface area contributed by atoms with E-state index in [0.29, 0.717) is 33.4 Å². The molecule has 0 heterocycles. The molecule has 9 nitrogen and oxygen atoms in total. The van der Waals surface area contributed by atoms with Gasteiger partial charge in [0.15, 0.2) is 0 Å². The van der Waals surface area contributed by atoms with Crippen LogP contribution >= 0.6 is 0 Å². The van der Waals surface area contributed by atoms with E-state index in [4.69, 9.17) is 0 Å². The van der Waals surface area contributed by atoms with Gasteiger partial charge in [0, 0.05) is 0 Å². The van der Waals surface area contributed by atoms with Gasteiger partial charge in [0.25, 0.3) is 0 Å². The van der Waals surface area contributed by atoms with Crippen LogP contribution in [0.5, 0.6) is 0 Å². The summed E-state index contributed by atoms with van der Waals surface area (Å²) in [6.45, 7) is 0. The summed E-state index contributed by atoms with van der Waals surface area (Å²) in [4.78, 5) is 0. The van der Waals surface area contributed by atoms with Crippen molar-refractivity contribution in [2.24, 2.45) is 0 Å². The molecule has 0 saturated heterocycles. The molecule has 4 aromatic carbocycles. The standard InChI is InChI=1S/C39H15N9/c40-16-31-4-1-28(13-37(31)22-46)34(19-43)10-25-7-26(11-35(20-44)29-2-5-32(17-41)38(14-29)23-47)9-27(8-25)12-36(21-45)30-3-6-33(18-42)39(15-30)24-48/h1-15H/b34-10+,35-11+,36-12+. The normalized spacial score (nSPS) is 10.7. The molecule has 0 radical (unpaired) electrons. The topological polar surface area (TPSA) is 214 Å². The van der Waals surface area contributed by atoms with Crippen molar-refractivity contribution in [1.82, 2.24) is 0 Å². The summed E-state index contributed by atoms with van der Waals surface area (Å²) in [7, 11) is 0. The van der Waals surface area contributed by atoms with Crippen LogP contribution < -0.4 is 0 Å². The molecule has 48 heavy (non-hydrogen) atoms. The Hall–Kier alpha value is -8.49. The van der Waals surface area contributed by atoms with Gasteiger partial charge in [-0.15, -0.1) is 0 Å². The minimum absolute atomic E-state index is 0.104. The number of allylic oxidation sites excluding steroid dienone is 3. The highest BCUT2D eigenvalue weighted by Gasteiger charge is 2.12. The van der Waals surface area contributed by atoms with E-state index in [1.54, 1.807) is 54.6 Å². The highest BCUT2D eigenvalue weighted by Crippen LogP contribution is 2.27. The fourth-order valence-electron chi connectivity index (χ4n) is 4.70. The zero-order valence-corrected chi connectivity index (χ0v) is 24.7. The van der Waals surface area contributed by atoms with Gasteiger partial charge in [0.05, 0.1) is 68.3 Å². The number of nitrogens with zero attached hydrogens (tertiary/aromatic N) is 9. The van der Waals surface area contributed by atoms with Crippen molar-refractivity contribution >= 4 is 34.9 Å². The summed E-state index contributed by atoms with van der Waals surface area (Å²) in [6.07, 6.45) is 4.67. The van der Waals surface area contributed by atoms with Crippen LogP contribution in [0.3, 0.4) is 0 Å². The maximum absolute atomic E-state index is 10.0. The van der Waals surface area contributed by atoms with Gasteiger partial charge in [0.2, 0.25) is 0 Å². The molecule has 0 N–H and O–H groups in total. The summed E-state index contributed by atoms with van der Waals surface area (Å²) in [6, 6.07) is 36.4.